The van der Waals surface area contributed by atoms with Crippen molar-refractivity contribution in [3.8, 4) is 23.0 Å². The number of ether oxygens (including phenoxy) is 4. The van der Waals surface area contributed by atoms with E-state index in [0.29, 0.717) is 41.6 Å². The van der Waals surface area contributed by atoms with Crippen LogP contribution >= 0.6 is 15.9 Å². The number of esters is 1. The van der Waals surface area contributed by atoms with Gasteiger partial charge in [-0.25, -0.2) is 10.2 Å². The molecule has 210 valence electrons. The standard InChI is InChI=1S/C32H29BrN2O6/c1-3-38-27-12-9-24(10-13-27)32(37)41-30-18-11-26(33)19-25(30)20-34-35-31(36)22(2)40-29-16-14-28(15-17-29)39-21-23-7-5-4-6-8-23/h4-20,22H,3,21H2,1-2H3,(H,35,36)/b34-20-/t22-/m0/s1. The van der Waals surface area contributed by atoms with E-state index >= 15 is 0 Å². The highest BCUT2D eigenvalue weighted by Crippen LogP contribution is 2.24. The van der Waals surface area contributed by atoms with E-state index in [-0.39, 0.29) is 5.75 Å². The molecule has 0 fully saturated rings. The van der Waals surface area contributed by atoms with Crippen LogP contribution in [0.15, 0.2) is 107 Å². The molecule has 0 spiro atoms. The molecule has 8 nitrogen and oxygen atoms in total. The maximum absolute atomic E-state index is 12.7. The molecule has 0 heterocycles. The number of nitrogens with one attached hydrogen (secondary N) is 1. The molecule has 0 aliphatic heterocycles. The molecule has 9 heteroatoms. The Morgan fingerprint density at radius 2 is 1.54 bits per heavy atom. The van der Waals surface area contributed by atoms with Crippen LogP contribution in [0.2, 0.25) is 0 Å². The fourth-order valence-corrected chi connectivity index (χ4v) is 3.97. The summed E-state index contributed by atoms with van der Waals surface area (Å²) in [5, 5.41) is 4.03. The highest BCUT2D eigenvalue weighted by Gasteiger charge is 2.15. The van der Waals surface area contributed by atoms with Crippen LogP contribution in [0.25, 0.3) is 0 Å². The van der Waals surface area contributed by atoms with Crippen molar-refractivity contribution in [1.82, 2.24) is 5.43 Å². The molecule has 0 aromatic heterocycles. The minimum absolute atomic E-state index is 0.281. The van der Waals surface area contributed by atoms with Gasteiger partial charge in [0.05, 0.1) is 18.4 Å². The normalized spacial score (nSPS) is 11.5. The first-order valence-corrected chi connectivity index (χ1v) is 13.7. The summed E-state index contributed by atoms with van der Waals surface area (Å²) < 4.78 is 23.3. The molecule has 0 aliphatic carbocycles. The summed E-state index contributed by atoms with van der Waals surface area (Å²) in [5.41, 5.74) is 4.39. The number of hydrogen-bond donors (Lipinski definition) is 1. The van der Waals surface area contributed by atoms with Crippen LogP contribution in [0.4, 0.5) is 0 Å². The zero-order valence-corrected chi connectivity index (χ0v) is 24.2. The number of carbonyl (C=O) groups is 2. The fraction of sp³-hybridized carbons (Fsp3) is 0.156. The maximum Gasteiger partial charge on any atom is 0.343 e. The average Bonchev–Trinajstić information content (AvgIpc) is 2.99. The van der Waals surface area contributed by atoms with E-state index in [9.17, 15) is 9.59 Å². The molecule has 1 atom stereocenters. The molecule has 0 bridgehead atoms. The van der Waals surface area contributed by atoms with Crippen LogP contribution in [-0.2, 0) is 11.4 Å². The van der Waals surface area contributed by atoms with Gasteiger partial charge in [-0.05, 0) is 86.1 Å². The molecular weight excluding hydrogens is 588 g/mol. The zero-order valence-electron chi connectivity index (χ0n) is 22.6. The number of nitrogens with zero attached hydrogens (tertiary/aromatic N) is 1. The first-order valence-electron chi connectivity index (χ1n) is 12.9. The topological polar surface area (TPSA) is 95.5 Å². The molecule has 4 aromatic rings. The number of hydrazone groups is 1. The molecule has 1 N–H and O–H groups in total. The highest BCUT2D eigenvalue weighted by molar-refractivity contribution is 9.10. The predicted molar refractivity (Wildman–Crippen MR) is 160 cm³/mol. The number of benzene rings is 4. The van der Waals surface area contributed by atoms with Gasteiger partial charge in [-0.1, -0.05) is 46.3 Å². The van der Waals surface area contributed by atoms with Gasteiger partial charge in [-0.15, -0.1) is 0 Å². The van der Waals surface area contributed by atoms with E-state index in [2.05, 4.69) is 26.5 Å². The number of rotatable bonds is 12. The van der Waals surface area contributed by atoms with Crippen LogP contribution in [0.5, 0.6) is 23.0 Å². The number of amides is 1. The van der Waals surface area contributed by atoms with E-state index in [1.54, 1.807) is 73.7 Å². The van der Waals surface area contributed by atoms with Gasteiger partial charge in [0.1, 0.15) is 29.6 Å². The highest BCUT2D eigenvalue weighted by atomic mass is 79.9. The van der Waals surface area contributed by atoms with Gasteiger partial charge in [-0.2, -0.15) is 5.10 Å². The molecule has 0 aliphatic rings. The van der Waals surface area contributed by atoms with Gasteiger partial charge in [0, 0.05) is 10.0 Å². The second-order valence-electron chi connectivity index (χ2n) is 8.77. The minimum Gasteiger partial charge on any atom is -0.494 e. The van der Waals surface area contributed by atoms with Gasteiger partial charge in [0.2, 0.25) is 0 Å². The summed E-state index contributed by atoms with van der Waals surface area (Å²) in [5.74, 6) is 1.17. The Morgan fingerprint density at radius 1 is 0.878 bits per heavy atom. The molecule has 0 saturated carbocycles. The zero-order chi connectivity index (χ0) is 29.0. The quantitative estimate of drug-likeness (QED) is 0.0837. The Labute approximate surface area is 247 Å². The molecule has 0 radical (unpaired) electrons. The van der Waals surface area contributed by atoms with Crippen molar-refractivity contribution in [3.05, 3.63) is 118 Å². The largest absolute Gasteiger partial charge is 0.494 e. The third-order valence-electron chi connectivity index (χ3n) is 5.71. The monoisotopic (exact) mass is 616 g/mol. The van der Waals surface area contributed by atoms with Crippen molar-refractivity contribution in [1.29, 1.82) is 0 Å². The van der Waals surface area contributed by atoms with Gasteiger partial charge < -0.3 is 18.9 Å². The lowest BCUT2D eigenvalue weighted by molar-refractivity contribution is -0.127. The van der Waals surface area contributed by atoms with Crippen LogP contribution in [-0.4, -0.2) is 30.8 Å². The van der Waals surface area contributed by atoms with Crippen LogP contribution in [0, 0.1) is 0 Å². The summed E-state index contributed by atoms with van der Waals surface area (Å²) in [4.78, 5) is 25.2. The Balaban J connectivity index is 1.30. The molecule has 41 heavy (non-hydrogen) atoms. The third kappa shape index (κ3) is 8.94. The fourth-order valence-electron chi connectivity index (χ4n) is 3.60. The Bertz CT molecular complexity index is 1470. The van der Waals surface area contributed by atoms with Gasteiger partial charge in [0.15, 0.2) is 6.10 Å². The lowest BCUT2D eigenvalue weighted by Gasteiger charge is -2.14. The summed E-state index contributed by atoms with van der Waals surface area (Å²) in [6.45, 7) is 4.49. The molecule has 0 saturated heterocycles. The summed E-state index contributed by atoms with van der Waals surface area (Å²) in [7, 11) is 0. The second-order valence-corrected chi connectivity index (χ2v) is 9.68. The molecule has 0 unspecified atom stereocenters. The smallest absolute Gasteiger partial charge is 0.343 e. The number of hydrogen-bond acceptors (Lipinski definition) is 7. The lowest BCUT2D eigenvalue weighted by atomic mass is 10.2. The van der Waals surface area contributed by atoms with Crippen LogP contribution in [0.3, 0.4) is 0 Å². The SMILES string of the molecule is CCOc1ccc(C(=O)Oc2ccc(Br)cc2/C=N\NC(=O)[C@H](C)Oc2ccc(OCc3ccccc3)cc2)cc1. The van der Waals surface area contributed by atoms with E-state index in [0.717, 1.165) is 10.0 Å². The summed E-state index contributed by atoms with van der Waals surface area (Å²) >= 11 is 3.41. The van der Waals surface area contributed by atoms with Crippen molar-refractivity contribution in [2.24, 2.45) is 5.10 Å². The van der Waals surface area contributed by atoms with Crippen molar-refractivity contribution in [3.63, 3.8) is 0 Å². The molecule has 1 amide bonds. The average molecular weight is 617 g/mol. The minimum atomic E-state index is -0.817. The Hall–Kier alpha value is -4.63. The van der Waals surface area contributed by atoms with Crippen molar-refractivity contribution in [2.45, 2.75) is 26.6 Å². The van der Waals surface area contributed by atoms with E-state index in [1.807, 2.05) is 37.3 Å². The summed E-state index contributed by atoms with van der Waals surface area (Å²) in [6.07, 6.45) is 0.581. The van der Waals surface area contributed by atoms with Crippen molar-refractivity contribution in [2.75, 3.05) is 6.61 Å². The van der Waals surface area contributed by atoms with Crippen LogP contribution < -0.4 is 24.4 Å². The number of halogens is 1. The van der Waals surface area contributed by atoms with Gasteiger partial charge >= 0.3 is 5.97 Å². The molecular formula is C32H29BrN2O6. The van der Waals surface area contributed by atoms with Crippen molar-refractivity contribution < 1.29 is 28.5 Å². The predicted octanol–water partition coefficient (Wildman–Crippen LogP) is 6.56. The Morgan fingerprint density at radius 3 is 2.24 bits per heavy atom. The molecule has 4 rings (SSSR count). The van der Waals surface area contributed by atoms with E-state index in [1.165, 1.54) is 6.21 Å². The first kappa shape index (κ1) is 29.4. The number of carbonyl (C=O) groups excluding carboxylic acids is 2. The summed E-state index contributed by atoms with van der Waals surface area (Å²) in [6, 6.07) is 28.7. The third-order valence-corrected chi connectivity index (χ3v) is 6.20. The lowest BCUT2D eigenvalue weighted by Crippen LogP contribution is -2.33. The second kappa shape index (κ2) is 14.7. The van der Waals surface area contributed by atoms with Crippen molar-refractivity contribution >= 4 is 34.0 Å². The van der Waals surface area contributed by atoms with Gasteiger partial charge in [-0.3, -0.25) is 4.79 Å². The van der Waals surface area contributed by atoms with E-state index in [4.69, 9.17) is 18.9 Å². The van der Waals surface area contributed by atoms with Crippen LogP contribution in [0.1, 0.15) is 35.3 Å². The Kier molecular flexibility index (Phi) is 10.5. The maximum atomic E-state index is 12.7. The molecule has 4 aromatic carbocycles. The van der Waals surface area contributed by atoms with Gasteiger partial charge in [0.25, 0.3) is 5.91 Å². The first-order chi connectivity index (χ1) is 19.9. The van der Waals surface area contributed by atoms with E-state index < -0.39 is 18.0 Å².